The minimum Gasteiger partial charge on any atom is -0.686 e. The van der Waals surface area contributed by atoms with E-state index in [0.29, 0.717) is 33.6 Å². The van der Waals surface area contributed by atoms with Gasteiger partial charge in [-0.15, -0.1) is 12.7 Å². The molecule has 1 saturated carbocycles. The minimum absolute atomic E-state index is 0. The van der Waals surface area contributed by atoms with Gasteiger partial charge in [-0.1, -0.05) is 0 Å². The molecule has 2 aromatic heterocycles. The number of nitrogens with one attached hydrogen (secondary N) is 1. The number of aliphatic imine (C=N–C) groups is 1. The molecule has 0 saturated heterocycles. The molecule has 0 spiro atoms. The fourth-order valence-electron chi connectivity index (χ4n) is 3.97. The van der Waals surface area contributed by atoms with Crippen molar-refractivity contribution >= 4 is 29.0 Å². The molecule has 1 aromatic carbocycles. The summed E-state index contributed by atoms with van der Waals surface area (Å²) in [4.78, 5) is 37.4. The minimum atomic E-state index is -0.891. The van der Waals surface area contributed by atoms with Crippen molar-refractivity contribution in [3.05, 3.63) is 88.5 Å². The molecule has 3 N–H and O–H groups in total. The van der Waals surface area contributed by atoms with Gasteiger partial charge in [0.25, 0.3) is 11.8 Å². The Morgan fingerprint density at radius 3 is 2.61 bits per heavy atom. The van der Waals surface area contributed by atoms with Crippen LogP contribution in [-0.4, -0.2) is 34.7 Å². The first-order valence-corrected chi connectivity index (χ1v) is 12.7. The number of nitrogens with two attached hydrogens (primary N) is 1. The van der Waals surface area contributed by atoms with E-state index in [1.54, 1.807) is 46.3 Å². The molecule has 0 radical (unpaired) electrons. The van der Waals surface area contributed by atoms with Gasteiger partial charge in [-0.2, -0.15) is 10.3 Å². The summed E-state index contributed by atoms with van der Waals surface area (Å²) in [6.07, 6.45) is 7.85. The van der Waals surface area contributed by atoms with Gasteiger partial charge in [0.2, 0.25) is 0 Å². The number of carbonyl (C=O) groups is 2. The molecular weight excluding hydrogens is 548 g/mol. The molecule has 0 aliphatic heterocycles. The molecule has 11 heteroatoms. The largest absolute Gasteiger partial charge is 1.00 e. The van der Waals surface area contributed by atoms with Crippen LogP contribution in [0.1, 0.15) is 53.9 Å². The Morgan fingerprint density at radius 1 is 1.22 bits per heavy atom. The Morgan fingerprint density at radius 2 is 1.95 bits per heavy atom. The van der Waals surface area contributed by atoms with E-state index in [0.717, 1.165) is 12.8 Å². The first kappa shape index (κ1) is 32.2. The number of benzene rings is 1. The Bertz CT molecular complexity index is 1590. The van der Waals surface area contributed by atoms with Crippen LogP contribution in [0.3, 0.4) is 0 Å². The zero-order chi connectivity index (χ0) is 29.0. The summed E-state index contributed by atoms with van der Waals surface area (Å²) < 4.78 is 15.0. The molecule has 4 rings (SSSR count). The summed E-state index contributed by atoms with van der Waals surface area (Å²) in [5, 5.41) is 16.3. The van der Waals surface area contributed by atoms with Crippen LogP contribution in [0, 0.1) is 30.0 Å². The predicted molar refractivity (Wildman–Crippen MR) is 152 cm³/mol. The van der Waals surface area contributed by atoms with Gasteiger partial charge in [0, 0.05) is 35.6 Å². The number of aromatic nitrogens is 2. The van der Waals surface area contributed by atoms with E-state index in [2.05, 4.69) is 31.7 Å². The average Bonchev–Trinajstić information content (AvgIpc) is 3.79. The van der Waals surface area contributed by atoms with Crippen molar-refractivity contribution in [2.24, 2.45) is 16.6 Å². The predicted octanol–water partition coefficient (Wildman–Crippen LogP) is 2.29. The molecule has 9 nitrogen and oxygen atoms in total. The van der Waals surface area contributed by atoms with Gasteiger partial charge < -0.3 is 16.4 Å². The van der Waals surface area contributed by atoms with Crippen molar-refractivity contribution in [1.29, 1.82) is 5.26 Å². The van der Waals surface area contributed by atoms with Gasteiger partial charge >= 0.3 is 51.4 Å². The number of amidine groups is 1. The van der Waals surface area contributed by atoms with Crippen molar-refractivity contribution < 1.29 is 65.4 Å². The summed E-state index contributed by atoms with van der Waals surface area (Å²) in [6.45, 7) is 5.16. The number of hydrogen-bond donors (Lipinski definition) is 2. The second-order valence-corrected chi connectivity index (χ2v) is 10.1. The first-order chi connectivity index (χ1) is 19.0. The molecule has 1 fully saturated rings. The van der Waals surface area contributed by atoms with Gasteiger partial charge in [0.1, 0.15) is 11.7 Å². The maximum atomic E-state index is 15.0. The standard InChI is InChI=1S/C30H30FN7O2.K/c1-17-9-23(31)25(37-29(40)19-7-8-36-26(11-19)30(2,3)16-32)12-22(17)20-10-21(15-35-14-20)24(34-4)13-27(33)38-28(39)18-5-6-18;/h7-15,18H,5-6H2,1-4H3,(H4,33,34,37,38,39,40);/q;+1/p-1. The van der Waals surface area contributed by atoms with E-state index < -0.39 is 17.1 Å². The second kappa shape index (κ2) is 13.6. The monoisotopic (exact) mass is 577 g/mol. The zero-order valence-corrected chi connectivity index (χ0v) is 26.8. The van der Waals surface area contributed by atoms with Crippen molar-refractivity contribution in [3.63, 3.8) is 0 Å². The Balaban J connectivity index is 0.00000462. The topological polar surface area (TPSA) is 148 Å². The zero-order valence-electron chi connectivity index (χ0n) is 23.7. The van der Waals surface area contributed by atoms with E-state index in [4.69, 9.17) is 5.73 Å². The normalized spacial score (nSPS) is 13.6. The van der Waals surface area contributed by atoms with Gasteiger partial charge in [-0.05, 0) is 86.7 Å². The number of amides is 2. The van der Waals surface area contributed by atoms with E-state index in [1.807, 2.05) is 6.07 Å². The summed E-state index contributed by atoms with van der Waals surface area (Å²) in [5.74, 6) is -1.35. The number of nitriles is 1. The van der Waals surface area contributed by atoms with Crippen LogP contribution >= 0.6 is 0 Å². The maximum absolute atomic E-state index is 15.0. The van der Waals surface area contributed by atoms with Gasteiger partial charge in [0.05, 0.1) is 22.9 Å². The van der Waals surface area contributed by atoms with E-state index in [1.165, 1.54) is 30.5 Å². The molecule has 2 heterocycles. The van der Waals surface area contributed by atoms with Crippen molar-refractivity contribution in [3.8, 4) is 17.2 Å². The fraction of sp³-hybridized carbons (Fsp3) is 0.267. The molecule has 2 amide bonds. The third-order valence-corrected chi connectivity index (χ3v) is 6.54. The number of anilines is 1. The second-order valence-electron chi connectivity index (χ2n) is 10.1. The average molecular weight is 578 g/mol. The first-order valence-electron chi connectivity index (χ1n) is 12.7. The number of rotatable bonds is 8. The number of nitrogens with zero attached hydrogens (tertiary/aromatic N) is 5. The van der Waals surface area contributed by atoms with Crippen LogP contribution in [0.25, 0.3) is 22.1 Å². The summed E-state index contributed by atoms with van der Waals surface area (Å²) in [7, 11) is 1.59. The van der Waals surface area contributed by atoms with Crippen LogP contribution in [0.15, 0.2) is 60.0 Å². The Hall–Kier alpha value is -3.27. The van der Waals surface area contributed by atoms with Crippen LogP contribution in [0.2, 0.25) is 0 Å². The molecular formula is C30H29FKN7O2. The van der Waals surface area contributed by atoms with Crippen LogP contribution in [-0.2, 0) is 10.2 Å². The fourth-order valence-corrected chi connectivity index (χ4v) is 3.97. The van der Waals surface area contributed by atoms with Crippen molar-refractivity contribution in [2.75, 3.05) is 12.4 Å². The van der Waals surface area contributed by atoms with Crippen molar-refractivity contribution in [1.82, 2.24) is 9.97 Å². The molecule has 0 bridgehead atoms. The number of carbonyl (C=O) groups excluding carboxylic acids is 2. The van der Waals surface area contributed by atoms with E-state index >= 15 is 0 Å². The summed E-state index contributed by atoms with van der Waals surface area (Å²) >= 11 is 0. The molecule has 0 atom stereocenters. The SMILES string of the molecule is C[N-]/C(=C\C(N)=NC(=O)C1CC1)c1cncc(-c2cc(NC(=O)c3ccnc(C(C)(C)C#N)c3)c(F)cc2C)c1.[K+]. The van der Waals surface area contributed by atoms with E-state index in [9.17, 15) is 19.2 Å². The van der Waals surface area contributed by atoms with Crippen molar-refractivity contribution in [2.45, 2.75) is 39.0 Å². The number of aryl methyl sites for hydroxylation is 1. The maximum Gasteiger partial charge on any atom is 1.00 e. The molecule has 3 aromatic rings. The third-order valence-electron chi connectivity index (χ3n) is 6.54. The summed E-state index contributed by atoms with van der Waals surface area (Å²) in [5.41, 5.74) is 8.78. The van der Waals surface area contributed by atoms with E-state index in [-0.39, 0.29) is 80.3 Å². The molecule has 204 valence electrons. The number of hydrogen-bond acceptors (Lipinski definition) is 5. The Labute approximate surface area is 281 Å². The Kier molecular flexibility index (Phi) is 10.7. The number of pyridine rings is 2. The van der Waals surface area contributed by atoms with Crippen LogP contribution in [0.4, 0.5) is 10.1 Å². The van der Waals surface area contributed by atoms with Gasteiger partial charge in [-0.25, -0.2) is 4.39 Å². The number of halogens is 1. The van der Waals surface area contributed by atoms with Crippen LogP contribution < -0.4 is 62.4 Å². The molecule has 0 unspecified atom stereocenters. The molecule has 1 aliphatic carbocycles. The molecule has 41 heavy (non-hydrogen) atoms. The van der Waals surface area contributed by atoms with Gasteiger partial charge in [0.15, 0.2) is 0 Å². The third kappa shape index (κ3) is 7.93. The van der Waals surface area contributed by atoms with Gasteiger partial charge in [-0.3, -0.25) is 19.6 Å². The molecule has 1 aliphatic rings. The quantitative estimate of drug-likeness (QED) is 0.238. The van der Waals surface area contributed by atoms with Crippen LogP contribution in [0.5, 0.6) is 0 Å². The summed E-state index contributed by atoms with van der Waals surface area (Å²) in [6, 6.07) is 9.87. The smallest absolute Gasteiger partial charge is 0.686 e.